The maximum Gasteiger partial charge on any atom is 0.262 e. The van der Waals surface area contributed by atoms with E-state index < -0.39 is 10.0 Å². The van der Waals surface area contributed by atoms with Gasteiger partial charge in [-0.15, -0.1) is 0 Å². The van der Waals surface area contributed by atoms with Gasteiger partial charge in [-0.2, -0.15) is 4.31 Å². The molecule has 0 unspecified atom stereocenters. The monoisotopic (exact) mass is 500 g/mol. The zero-order chi connectivity index (χ0) is 24.0. The molecule has 0 bridgehead atoms. The summed E-state index contributed by atoms with van der Waals surface area (Å²) < 4.78 is 38.3. The first-order valence-electron chi connectivity index (χ1n) is 11.0. The predicted molar refractivity (Wildman–Crippen MR) is 131 cm³/mol. The Labute approximate surface area is 204 Å². The fraction of sp³-hybridized carbons (Fsp3) is 0.240. The highest BCUT2D eigenvalue weighted by molar-refractivity contribution is 7.89. The fourth-order valence-corrected chi connectivity index (χ4v) is 5.43. The SMILES string of the molecule is O=C(COc1ccc(S(=O)(=O)N2CCCCC2)cc1Cl)Nc1ccc(Oc2ccccc2)cc1. The summed E-state index contributed by atoms with van der Waals surface area (Å²) in [5, 5.41) is 2.87. The molecule has 4 rings (SSSR count). The second-order valence-corrected chi connectivity index (χ2v) is 10.2. The fourth-order valence-electron chi connectivity index (χ4n) is 3.58. The summed E-state index contributed by atoms with van der Waals surface area (Å²) in [5.74, 6) is 1.23. The number of ether oxygens (including phenoxy) is 2. The van der Waals surface area contributed by atoms with E-state index in [1.807, 2.05) is 30.3 Å². The molecule has 0 aromatic heterocycles. The Balaban J connectivity index is 1.31. The summed E-state index contributed by atoms with van der Waals surface area (Å²) in [6.07, 6.45) is 2.74. The van der Waals surface area contributed by atoms with E-state index in [1.54, 1.807) is 24.3 Å². The van der Waals surface area contributed by atoms with E-state index in [0.29, 0.717) is 24.5 Å². The maximum atomic E-state index is 12.8. The van der Waals surface area contributed by atoms with Crippen LogP contribution in [0.25, 0.3) is 0 Å². The van der Waals surface area contributed by atoms with E-state index in [9.17, 15) is 13.2 Å². The van der Waals surface area contributed by atoms with Crippen LogP contribution in [0.3, 0.4) is 0 Å². The zero-order valence-corrected chi connectivity index (χ0v) is 20.0. The molecule has 34 heavy (non-hydrogen) atoms. The van der Waals surface area contributed by atoms with Crippen LogP contribution in [0.15, 0.2) is 77.7 Å². The number of benzene rings is 3. The van der Waals surface area contributed by atoms with Gasteiger partial charge in [-0.25, -0.2) is 8.42 Å². The number of carbonyl (C=O) groups excluding carboxylic acids is 1. The van der Waals surface area contributed by atoms with Crippen molar-refractivity contribution in [3.8, 4) is 17.2 Å². The van der Waals surface area contributed by atoms with Gasteiger partial charge in [0.15, 0.2) is 6.61 Å². The van der Waals surface area contributed by atoms with Gasteiger partial charge in [-0.1, -0.05) is 36.2 Å². The van der Waals surface area contributed by atoms with Gasteiger partial charge in [0.2, 0.25) is 10.0 Å². The number of rotatable bonds is 8. The third-order valence-electron chi connectivity index (χ3n) is 5.33. The molecule has 1 saturated heterocycles. The Hall–Kier alpha value is -3.07. The van der Waals surface area contributed by atoms with Gasteiger partial charge in [-0.3, -0.25) is 4.79 Å². The molecule has 1 heterocycles. The lowest BCUT2D eigenvalue weighted by molar-refractivity contribution is -0.118. The number of para-hydroxylation sites is 1. The van der Waals surface area contributed by atoms with Crippen molar-refractivity contribution < 1.29 is 22.7 Å². The van der Waals surface area contributed by atoms with Crippen molar-refractivity contribution in [2.24, 2.45) is 0 Å². The van der Waals surface area contributed by atoms with E-state index in [-0.39, 0.29) is 28.2 Å². The first-order valence-corrected chi connectivity index (χ1v) is 12.8. The highest BCUT2D eigenvalue weighted by atomic mass is 35.5. The first-order chi connectivity index (χ1) is 16.4. The third kappa shape index (κ3) is 6.08. The highest BCUT2D eigenvalue weighted by Gasteiger charge is 2.26. The van der Waals surface area contributed by atoms with Crippen molar-refractivity contribution in [2.45, 2.75) is 24.2 Å². The lowest BCUT2D eigenvalue weighted by atomic mass is 10.2. The van der Waals surface area contributed by atoms with Crippen LogP contribution in [0.5, 0.6) is 17.2 Å². The van der Waals surface area contributed by atoms with Crippen molar-refractivity contribution in [1.29, 1.82) is 0 Å². The molecule has 1 N–H and O–H groups in total. The Kier molecular flexibility index (Phi) is 7.72. The van der Waals surface area contributed by atoms with Crippen LogP contribution in [-0.4, -0.2) is 38.3 Å². The van der Waals surface area contributed by atoms with E-state index in [4.69, 9.17) is 21.1 Å². The molecular formula is C25H25ClN2O5S. The van der Waals surface area contributed by atoms with Gasteiger partial charge in [0.25, 0.3) is 5.91 Å². The number of halogens is 1. The molecular weight excluding hydrogens is 476 g/mol. The second kappa shape index (κ2) is 10.9. The average molecular weight is 501 g/mol. The minimum atomic E-state index is -3.59. The van der Waals surface area contributed by atoms with Crippen LogP contribution < -0.4 is 14.8 Å². The smallest absolute Gasteiger partial charge is 0.262 e. The molecule has 0 saturated carbocycles. The van der Waals surface area contributed by atoms with Crippen LogP contribution in [0.2, 0.25) is 5.02 Å². The summed E-state index contributed by atoms with van der Waals surface area (Å²) in [7, 11) is -3.59. The molecule has 0 radical (unpaired) electrons. The van der Waals surface area contributed by atoms with Crippen molar-refractivity contribution in [3.63, 3.8) is 0 Å². The van der Waals surface area contributed by atoms with E-state index in [1.165, 1.54) is 22.5 Å². The number of carbonyl (C=O) groups is 1. The summed E-state index contributed by atoms with van der Waals surface area (Å²) in [4.78, 5) is 12.4. The van der Waals surface area contributed by atoms with Crippen LogP contribution in [-0.2, 0) is 14.8 Å². The number of hydrogen-bond donors (Lipinski definition) is 1. The lowest BCUT2D eigenvalue weighted by Crippen LogP contribution is -2.35. The molecule has 178 valence electrons. The van der Waals surface area contributed by atoms with E-state index >= 15 is 0 Å². The Morgan fingerprint density at radius 1 is 0.912 bits per heavy atom. The molecule has 1 aliphatic heterocycles. The van der Waals surface area contributed by atoms with E-state index in [0.717, 1.165) is 25.0 Å². The van der Waals surface area contributed by atoms with Crippen molar-refractivity contribution in [1.82, 2.24) is 4.31 Å². The minimum Gasteiger partial charge on any atom is -0.482 e. The molecule has 1 fully saturated rings. The third-order valence-corrected chi connectivity index (χ3v) is 7.52. The molecule has 0 spiro atoms. The van der Waals surface area contributed by atoms with Gasteiger partial charge >= 0.3 is 0 Å². The number of hydrogen-bond acceptors (Lipinski definition) is 5. The number of nitrogens with zero attached hydrogens (tertiary/aromatic N) is 1. The second-order valence-electron chi connectivity index (χ2n) is 7.83. The summed E-state index contributed by atoms with van der Waals surface area (Å²) in [5.41, 5.74) is 0.586. The Bertz CT molecular complexity index is 1230. The summed E-state index contributed by atoms with van der Waals surface area (Å²) in [6, 6.07) is 20.6. The van der Waals surface area contributed by atoms with Crippen molar-refractivity contribution in [3.05, 3.63) is 77.8 Å². The van der Waals surface area contributed by atoms with Crippen LogP contribution >= 0.6 is 11.6 Å². The van der Waals surface area contributed by atoms with Gasteiger partial charge in [0.1, 0.15) is 17.2 Å². The quantitative estimate of drug-likeness (QED) is 0.452. The standard InChI is InChI=1S/C25H25ClN2O5S/c26-23-17-22(34(30,31)28-15-5-2-6-16-28)13-14-24(23)32-18-25(29)27-19-9-11-21(12-10-19)33-20-7-3-1-4-8-20/h1,3-4,7-14,17H,2,5-6,15-16,18H2,(H,27,29). The number of nitrogens with one attached hydrogen (secondary N) is 1. The van der Waals surface area contributed by atoms with Crippen LogP contribution in [0.1, 0.15) is 19.3 Å². The molecule has 9 heteroatoms. The topological polar surface area (TPSA) is 84.9 Å². The molecule has 7 nitrogen and oxygen atoms in total. The normalized spacial score (nSPS) is 14.4. The van der Waals surface area contributed by atoms with Crippen molar-refractivity contribution >= 4 is 33.2 Å². The summed E-state index contributed by atoms with van der Waals surface area (Å²) >= 11 is 6.25. The maximum absolute atomic E-state index is 12.8. The first kappa shape index (κ1) is 24.1. The predicted octanol–water partition coefficient (Wildman–Crippen LogP) is 5.32. The van der Waals surface area contributed by atoms with Crippen LogP contribution in [0.4, 0.5) is 5.69 Å². The number of sulfonamides is 1. The highest BCUT2D eigenvalue weighted by Crippen LogP contribution is 2.30. The average Bonchev–Trinajstić information content (AvgIpc) is 2.85. The summed E-state index contributed by atoms with van der Waals surface area (Å²) in [6.45, 7) is 0.746. The molecule has 1 aliphatic rings. The number of piperidine rings is 1. The Morgan fingerprint density at radius 3 is 2.26 bits per heavy atom. The zero-order valence-electron chi connectivity index (χ0n) is 18.4. The molecule has 1 amide bonds. The van der Waals surface area contributed by atoms with Crippen LogP contribution in [0, 0.1) is 0 Å². The largest absolute Gasteiger partial charge is 0.482 e. The van der Waals surface area contributed by atoms with E-state index in [2.05, 4.69) is 5.32 Å². The molecule has 0 aliphatic carbocycles. The van der Waals surface area contributed by atoms with Gasteiger partial charge in [-0.05, 0) is 67.4 Å². The van der Waals surface area contributed by atoms with Crippen molar-refractivity contribution in [2.75, 3.05) is 25.0 Å². The lowest BCUT2D eigenvalue weighted by Gasteiger charge is -2.26. The molecule has 0 atom stereocenters. The number of amides is 1. The minimum absolute atomic E-state index is 0.119. The van der Waals surface area contributed by atoms with Gasteiger partial charge in [0.05, 0.1) is 9.92 Å². The molecule has 3 aromatic carbocycles. The molecule has 3 aromatic rings. The van der Waals surface area contributed by atoms with Gasteiger partial charge < -0.3 is 14.8 Å². The van der Waals surface area contributed by atoms with Gasteiger partial charge in [0, 0.05) is 18.8 Å². The number of anilines is 1. The Morgan fingerprint density at radius 2 is 1.59 bits per heavy atom.